The van der Waals surface area contributed by atoms with Crippen molar-refractivity contribution in [2.24, 2.45) is 28.6 Å². The van der Waals surface area contributed by atoms with Crippen molar-refractivity contribution in [1.29, 1.82) is 0 Å². The third-order valence-electron chi connectivity index (χ3n) is 8.54. The minimum atomic E-state index is -1.65. The van der Waals surface area contributed by atoms with Gasteiger partial charge in [0.1, 0.15) is 0 Å². The van der Waals surface area contributed by atoms with Gasteiger partial charge < -0.3 is 4.43 Å². The molecule has 2 heteroatoms. The van der Waals surface area contributed by atoms with Gasteiger partial charge in [-0.2, -0.15) is 0 Å². The Labute approximate surface area is 145 Å². The van der Waals surface area contributed by atoms with Crippen molar-refractivity contribution in [3.63, 3.8) is 0 Å². The Kier molecular flexibility index (Phi) is 4.01. The van der Waals surface area contributed by atoms with Crippen LogP contribution in [0.15, 0.2) is 11.6 Å². The number of fused-ring (bicyclic) bond motifs is 1. The van der Waals surface area contributed by atoms with Crippen molar-refractivity contribution in [3.05, 3.63) is 11.6 Å². The van der Waals surface area contributed by atoms with E-state index in [4.69, 9.17) is 4.43 Å². The minimum Gasteiger partial charge on any atom is -0.413 e. The highest BCUT2D eigenvalue weighted by Crippen LogP contribution is 2.71. The lowest BCUT2D eigenvalue weighted by Gasteiger charge is -2.39. The molecule has 0 heterocycles. The summed E-state index contributed by atoms with van der Waals surface area (Å²) in [6, 6.07) is 0. The van der Waals surface area contributed by atoms with Crippen LogP contribution in [-0.2, 0) is 4.43 Å². The molecule has 23 heavy (non-hydrogen) atoms. The molecule has 1 nitrogen and oxygen atoms in total. The topological polar surface area (TPSA) is 9.23 Å². The number of hydrogen-bond donors (Lipinski definition) is 0. The number of rotatable bonds is 3. The van der Waals surface area contributed by atoms with Crippen LogP contribution in [0.25, 0.3) is 0 Å². The summed E-state index contributed by atoms with van der Waals surface area (Å²) >= 11 is 0. The number of hydrogen-bond acceptors (Lipinski definition) is 1. The van der Waals surface area contributed by atoms with E-state index in [2.05, 4.69) is 60.7 Å². The maximum absolute atomic E-state index is 6.59. The molecule has 4 atom stereocenters. The van der Waals surface area contributed by atoms with E-state index in [1.807, 2.05) is 0 Å². The summed E-state index contributed by atoms with van der Waals surface area (Å²) in [5.74, 6) is 2.60. The molecule has 3 rings (SSSR count). The Bertz CT molecular complexity index is 510. The Morgan fingerprint density at radius 3 is 2.48 bits per heavy atom. The predicted octanol–water partition coefficient (Wildman–Crippen LogP) is 6.42. The Hall–Kier alpha value is -0.0831. The average Bonchev–Trinajstić information content (AvgIpc) is 2.82. The average molecular weight is 335 g/mol. The van der Waals surface area contributed by atoms with Crippen LogP contribution in [0.1, 0.15) is 67.2 Å². The van der Waals surface area contributed by atoms with Gasteiger partial charge in [0.15, 0.2) is 8.32 Å². The molecule has 0 aromatic heterocycles. The molecule has 0 N–H and O–H groups in total. The molecule has 132 valence electrons. The SMILES string of the molecule is CC1CC[C@H]2C(C)(C)[C@H]3C[C@@]12CC=C3CO[Si](C)(C)C(C)(C)C. The molecule has 0 aromatic rings. The van der Waals surface area contributed by atoms with Crippen LogP contribution in [-0.4, -0.2) is 14.9 Å². The standard InChI is InChI=1S/C21H38OSi/c1-15-9-10-18-20(5,6)17-13-21(15,18)12-11-16(17)14-22-23(7,8)19(2,3)4/h11,15,17-18H,9-10,12-14H2,1-8H3/t15?,17-,18-,21-/m0/s1. The van der Waals surface area contributed by atoms with Crippen molar-refractivity contribution in [2.45, 2.75) is 85.4 Å². The lowest BCUT2D eigenvalue weighted by molar-refractivity contribution is 0.128. The quantitative estimate of drug-likeness (QED) is 0.427. The van der Waals surface area contributed by atoms with E-state index in [1.54, 1.807) is 5.57 Å². The lowest BCUT2D eigenvalue weighted by Crippen LogP contribution is -2.42. The van der Waals surface area contributed by atoms with E-state index >= 15 is 0 Å². The molecule has 0 aliphatic heterocycles. The predicted molar refractivity (Wildman–Crippen MR) is 102 cm³/mol. The van der Waals surface area contributed by atoms with Crippen molar-refractivity contribution in [1.82, 2.24) is 0 Å². The van der Waals surface area contributed by atoms with E-state index in [0.29, 0.717) is 15.9 Å². The van der Waals surface area contributed by atoms with Crippen molar-refractivity contribution in [3.8, 4) is 0 Å². The highest BCUT2D eigenvalue weighted by Gasteiger charge is 2.63. The van der Waals surface area contributed by atoms with Gasteiger partial charge in [-0.15, -0.1) is 0 Å². The fourth-order valence-corrected chi connectivity index (χ4v) is 6.78. The second kappa shape index (κ2) is 5.21. The van der Waals surface area contributed by atoms with Crippen LogP contribution in [0.3, 0.4) is 0 Å². The van der Waals surface area contributed by atoms with Crippen LogP contribution in [0.2, 0.25) is 18.1 Å². The zero-order chi connectivity index (χ0) is 17.3. The van der Waals surface area contributed by atoms with Crippen LogP contribution < -0.4 is 0 Å². The smallest absolute Gasteiger partial charge is 0.192 e. The molecule has 0 amide bonds. The molecular weight excluding hydrogens is 296 g/mol. The molecular formula is C21H38OSi. The second-order valence-electron chi connectivity index (χ2n) is 10.9. The van der Waals surface area contributed by atoms with Crippen LogP contribution >= 0.6 is 0 Å². The second-order valence-corrected chi connectivity index (χ2v) is 15.7. The van der Waals surface area contributed by atoms with Crippen molar-refractivity contribution >= 4 is 8.32 Å². The molecule has 3 aliphatic rings. The summed E-state index contributed by atoms with van der Waals surface area (Å²) in [4.78, 5) is 0. The van der Waals surface area contributed by atoms with Crippen LogP contribution in [0.4, 0.5) is 0 Å². The fourth-order valence-electron chi connectivity index (χ4n) is 5.82. The van der Waals surface area contributed by atoms with Crippen molar-refractivity contribution < 1.29 is 4.43 Å². The van der Waals surface area contributed by atoms with Gasteiger partial charge in [0.25, 0.3) is 0 Å². The molecule has 0 radical (unpaired) electrons. The van der Waals surface area contributed by atoms with Gasteiger partial charge in [-0.25, -0.2) is 0 Å². The van der Waals surface area contributed by atoms with Gasteiger partial charge in [0.05, 0.1) is 6.61 Å². The summed E-state index contributed by atoms with van der Waals surface area (Å²) in [6.45, 7) is 20.3. The third kappa shape index (κ3) is 2.50. The van der Waals surface area contributed by atoms with Gasteiger partial charge >= 0.3 is 0 Å². The Morgan fingerprint density at radius 1 is 1.22 bits per heavy atom. The van der Waals surface area contributed by atoms with Gasteiger partial charge in [-0.1, -0.05) is 47.6 Å². The van der Waals surface area contributed by atoms with Crippen LogP contribution in [0.5, 0.6) is 0 Å². The first-order chi connectivity index (χ1) is 10.4. The Balaban J connectivity index is 1.79. The largest absolute Gasteiger partial charge is 0.413 e. The maximum Gasteiger partial charge on any atom is 0.192 e. The first-order valence-electron chi connectivity index (χ1n) is 9.75. The molecule has 0 aromatic carbocycles. The first kappa shape index (κ1) is 17.7. The van der Waals surface area contributed by atoms with E-state index in [-0.39, 0.29) is 0 Å². The fraction of sp³-hybridized carbons (Fsp3) is 0.905. The van der Waals surface area contributed by atoms with Gasteiger partial charge in [0.2, 0.25) is 0 Å². The zero-order valence-corrected chi connectivity index (χ0v) is 17.8. The minimum absolute atomic E-state index is 0.305. The molecule has 0 saturated heterocycles. The summed E-state index contributed by atoms with van der Waals surface area (Å²) < 4.78 is 6.59. The highest BCUT2D eigenvalue weighted by molar-refractivity contribution is 6.74. The zero-order valence-electron chi connectivity index (χ0n) is 16.8. The van der Waals surface area contributed by atoms with Gasteiger partial charge in [-0.05, 0) is 78.0 Å². The van der Waals surface area contributed by atoms with Gasteiger partial charge in [-0.3, -0.25) is 0 Å². The molecule has 2 fully saturated rings. The molecule has 3 aliphatic carbocycles. The monoisotopic (exact) mass is 334 g/mol. The van der Waals surface area contributed by atoms with E-state index in [0.717, 1.165) is 24.4 Å². The third-order valence-corrected chi connectivity index (χ3v) is 13.0. The van der Waals surface area contributed by atoms with E-state index < -0.39 is 8.32 Å². The van der Waals surface area contributed by atoms with E-state index in [9.17, 15) is 0 Å². The summed E-state index contributed by atoms with van der Waals surface area (Å²) in [5.41, 5.74) is 2.71. The highest BCUT2D eigenvalue weighted by atomic mass is 28.4. The molecule has 2 saturated carbocycles. The summed E-state index contributed by atoms with van der Waals surface area (Å²) in [6.07, 6.45) is 8.25. The Morgan fingerprint density at radius 2 is 1.87 bits per heavy atom. The molecule has 1 spiro atoms. The molecule has 2 bridgehead atoms. The summed E-state index contributed by atoms with van der Waals surface area (Å²) in [5, 5.41) is 0.305. The maximum atomic E-state index is 6.59. The number of allylic oxidation sites excluding steroid dienone is 1. The van der Waals surface area contributed by atoms with E-state index in [1.165, 1.54) is 25.7 Å². The first-order valence-corrected chi connectivity index (χ1v) is 12.7. The lowest BCUT2D eigenvalue weighted by atomic mass is 9.68. The normalized spacial score (nSPS) is 39.3. The van der Waals surface area contributed by atoms with Crippen LogP contribution in [0, 0.1) is 28.6 Å². The van der Waals surface area contributed by atoms with Gasteiger partial charge in [0, 0.05) is 0 Å². The van der Waals surface area contributed by atoms with Crippen molar-refractivity contribution in [2.75, 3.05) is 6.61 Å². The molecule has 1 unspecified atom stereocenters. The summed E-state index contributed by atoms with van der Waals surface area (Å²) in [7, 11) is -1.65.